The van der Waals surface area contributed by atoms with Gasteiger partial charge >= 0.3 is 5.69 Å². The Kier molecular flexibility index (Phi) is 5.36. The molecule has 0 unspecified atom stereocenters. The molecule has 146 valence electrons. The number of nitrogens with zero attached hydrogens (tertiary/aromatic N) is 3. The molecular formula is C16H13Cl2N5O5. The molecular weight excluding hydrogens is 413 g/mol. The summed E-state index contributed by atoms with van der Waals surface area (Å²) in [6, 6.07) is 4.02. The second kappa shape index (κ2) is 7.58. The standard InChI is InChI=1S/C16H13Cl2N5O5/c1-6(24)8-5-11(20-21-14(8)25)28-13-9(17)3-7(4-10(13)18)12-15(26)19-16(27)23(2)22-12/h3-6,24H,1-2H3,(H,21,25)(H,19,26,27)/t6-/m0/s1. The molecule has 1 atom stereocenters. The summed E-state index contributed by atoms with van der Waals surface area (Å²) < 4.78 is 6.49. The van der Waals surface area contributed by atoms with Crippen LogP contribution in [0.3, 0.4) is 0 Å². The van der Waals surface area contributed by atoms with Crippen molar-refractivity contribution in [3.05, 3.63) is 65.0 Å². The molecule has 2 aromatic heterocycles. The maximum absolute atomic E-state index is 12.0. The molecule has 0 aliphatic rings. The molecule has 0 amide bonds. The number of H-pyrrole nitrogens is 2. The molecule has 0 fully saturated rings. The van der Waals surface area contributed by atoms with Gasteiger partial charge in [-0.2, -0.15) is 5.10 Å². The number of rotatable bonds is 4. The molecule has 10 nitrogen and oxygen atoms in total. The Balaban J connectivity index is 2.03. The van der Waals surface area contributed by atoms with Crippen LogP contribution >= 0.6 is 23.2 Å². The Morgan fingerprint density at radius 3 is 2.39 bits per heavy atom. The Bertz CT molecular complexity index is 1210. The maximum Gasteiger partial charge on any atom is 0.344 e. The molecule has 28 heavy (non-hydrogen) atoms. The van der Waals surface area contributed by atoms with E-state index in [1.54, 1.807) is 0 Å². The van der Waals surface area contributed by atoms with Crippen molar-refractivity contribution in [3.8, 4) is 22.9 Å². The number of aryl methyl sites for hydroxylation is 1. The van der Waals surface area contributed by atoms with Gasteiger partial charge in [-0.15, -0.1) is 5.10 Å². The zero-order valence-corrected chi connectivity index (χ0v) is 16.0. The first-order valence-corrected chi connectivity index (χ1v) is 8.55. The average molecular weight is 426 g/mol. The quantitative estimate of drug-likeness (QED) is 0.572. The molecule has 3 aromatic rings. The summed E-state index contributed by atoms with van der Waals surface area (Å²) >= 11 is 12.4. The highest BCUT2D eigenvalue weighted by Crippen LogP contribution is 2.38. The molecule has 0 aliphatic carbocycles. The van der Waals surface area contributed by atoms with Gasteiger partial charge in [0.15, 0.2) is 11.4 Å². The third-order valence-electron chi connectivity index (χ3n) is 3.72. The van der Waals surface area contributed by atoms with Gasteiger partial charge in [-0.3, -0.25) is 14.6 Å². The number of aliphatic hydroxyl groups is 1. The van der Waals surface area contributed by atoms with Crippen molar-refractivity contribution in [2.75, 3.05) is 0 Å². The predicted molar refractivity (Wildman–Crippen MR) is 101 cm³/mol. The van der Waals surface area contributed by atoms with Gasteiger partial charge in [0.2, 0.25) is 5.88 Å². The van der Waals surface area contributed by atoms with E-state index in [-0.39, 0.29) is 38.5 Å². The van der Waals surface area contributed by atoms with Crippen molar-refractivity contribution in [3.63, 3.8) is 0 Å². The van der Waals surface area contributed by atoms with Gasteiger partial charge in [-0.25, -0.2) is 14.6 Å². The summed E-state index contributed by atoms with van der Waals surface area (Å²) in [6.07, 6.45) is -1.04. The van der Waals surface area contributed by atoms with Crippen LogP contribution in [0, 0.1) is 0 Å². The van der Waals surface area contributed by atoms with E-state index in [0.717, 1.165) is 4.68 Å². The van der Waals surface area contributed by atoms with Crippen LogP contribution in [0.5, 0.6) is 11.6 Å². The summed E-state index contributed by atoms with van der Waals surface area (Å²) in [5.41, 5.74) is -1.67. The van der Waals surface area contributed by atoms with Crippen LogP contribution < -0.4 is 21.5 Å². The Morgan fingerprint density at radius 1 is 1.14 bits per heavy atom. The first-order chi connectivity index (χ1) is 13.2. The first-order valence-electron chi connectivity index (χ1n) is 7.80. The van der Waals surface area contributed by atoms with Crippen molar-refractivity contribution in [2.45, 2.75) is 13.0 Å². The topological polar surface area (TPSA) is 143 Å². The van der Waals surface area contributed by atoms with Gasteiger partial charge in [-0.1, -0.05) is 23.2 Å². The predicted octanol–water partition coefficient (Wildman–Crippen LogP) is 1.37. The fourth-order valence-corrected chi connectivity index (χ4v) is 2.89. The number of hydrogen-bond donors (Lipinski definition) is 3. The second-order valence-corrected chi connectivity index (χ2v) is 6.58. The van der Waals surface area contributed by atoms with E-state index < -0.39 is 22.9 Å². The summed E-state index contributed by atoms with van der Waals surface area (Å²) in [5, 5.41) is 19.5. The van der Waals surface area contributed by atoms with Crippen LogP contribution in [0.25, 0.3) is 11.3 Å². The van der Waals surface area contributed by atoms with Crippen LogP contribution in [-0.2, 0) is 7.05 Å². The average Bonchev–Trinajstić information content (AvgIpc) is 2.62. The molecule has 0 spiro atoms. The number of hydrogen-bond acceptors (Lipinski definition) is 7. The van der Waals surface area contributed by atoms with Gasteiger partial charge in [0.1, 0.15) is 0 Å². The van der Waals surface area contributed by atoms with Crippen LogP contribution in [0.15, 0.2) is 32.6 Å². The third kappa shape index (κ3) is 3.84. The fraction of sp³-hybridized carbons (Fsp3) is 0.188. The highest BCUT2D eigenvalue weighted by molar-refractivity contribution is 6.37. The summed E-state index contributed by atoms with van der Waals surface area (Å²) in [7, 11) is 1.38. The van der Waals surface area contributed by atoms with E-state index in [1.165, 1.54) is 32.2 Å². The molecule has 0 saturated carbocycles. The van der Waals surface area contributed by atoms with Gasteiger partial charge < -0.3 is 9.84 Å². The number of benzene rings is 1. The van der Waals surface area contributed by atoms with Crippen LogP contribution in [0.2, 0.25) is 10.0 Å². The number of aromatic nitrogens is 5. The van der Waals surface area contributed by atoms with Crippen LogP contribution in [0.4, 0.5) is 0 Å². The van der Waals surface area contributed by atoms with E-state index in [9.17, 15) is 19.5 Å². The van der Waals surface area contributed by atoms with E-state index in [4.69, 9.17) is 27.9 Å². The number of halogens is 2. The number of ether oxygens (including phenoxy) is 1. The molecule has 0 saturated heterocycles. The van der Waals surface area contributed by atoms with Gasteiger partial charge in [0, 0.05) is 18.7 Å². The van der Waals surface area contributed by atoms with E-state index in [1.807, 2.05) is 0 Å². The molecule has 0 aliphatic heterocycles. The Hall–Kier alpha value is -2.95. The van der Waals surface area contributed by atoms with E-state index in [0.29, 0.717) is 0 Å². The molecule has 1 aromatic carbocycles. The van der Waals surface area contributed by atoms with Crippen molar-refractivity contribution in [1.82, 2.24) is 25.0 Å². The molecule has 3 rings (SSSR count). The summed E-state index contributed by atoms with van der Waals surface area (Å²) in [5.74, 6) is -0.0328. The minimum atomic E-state index is -1.04. The van der Waals surface area contributed by atoms with E-state index >= 15 is 0 Å². The minimum Gasteiger partial charge on any atom is -0.434 e. The largest absolute Gasteiger partial charge is 0.434 e. The normalized spacial score (nSPS) is 12.0. The lowest BCUT2D eigenvalue weighted by atomic mass is 10.1. The molecule has 3 N–H and O–H groups in total. The van der Waals surface area contributed by atoms with Crippen molar-refractivity contribution >= 4 is 23.2 Å². The lowest BCUT2D eigenvalue weighted by Crippen LogP contribution is -2.31. The Morgan fingerprint density at radius 2 is 1.79 bits per heavy atom. The SMILES string of the molecule is C[C@H](O)c1cc(Oc2c(Cl)cc(-c3nn(C)c(=O)[nH]c3=O)cc2Cl)n[nH]c1=O. The number of aromatic amines is 2. The van der Waals surface area contributed by atoms with Crippen LogP contribution in [0.1, 0.15) is 18.6 Å². The first kappa shape index (κ1) is 19.8. The fourth-order valence-electron chi connectivity index (χ4n) is 2.33. The summed E-state index contributed by atoms with van der Waals surface area (Å²) in [6.45, 7) is 1.42. The van der Waals surface area contributed by atoms with Gasteiger partial charge in [0.05, 0.1) is 21.7 Å². The van der Waals surface area contributed by atoms with Gasteiger partial charge in [0.25, 0.3) is 11.1 Å². The maximum atomic E-state index is 12.0. The molecule has 0 radical (unpaired) electrons. The highest BCUT2D eigenvalue weighted by Gasteiger charge is 2.17. The summed E-state index contributed by atoms with van der Waals surface area (Å²) in [4.78, 5) is 37.2. The number of nitrogens with one attached hydrogen (secondary N) is 2. The smallest absolute Gasteiger partial charge is 0.344 e. The second-order valence-electron chi connectivity index (χ2n) is 5.77. The van der Waals surface area contributed by atoms with Crippen molar-refractivity contribution < 1.29 is 9.84 Å². The van der Waals surface area contributed by atoms with Crippen molar-refractivity contribution in [2.24, 2.45) is 7.05 Å². The lowest BCUT2D eigenvalue weighted by molar-refractivity contribution is 0.196. The highest BCUT2D eigenvalue weighted by atomic mass is 35.5. The molecule has 2 heterocycles. The Labute approximate surface area is 166 Å². The monoisotopic (exact) mass is 425 g/mol. The van der Waals surface area contributed by atoms with Gasteiger partial charge in [-0.05, 0) is 19.1 Å². The van der Waals surface area contributed by atoms with Crippen LogP contribution in [-0.4, -0.2) is 30.1 Å². The van der Waals surface area contributed by atoms with Crippen molar-refractivity contribution in [1.29, 1.82) is 0 Å². The minimum absolute atomic E-state index is 0.0180. The zero-order chi connectivity index (χ0) is 20.6. The number of aliphatic hydroxyl groups excluding tert-OH is 1. The molecule has 0 bridgehead atoms. The molecule has 12 heteroatoms. The third-order valence-corrected chi connectivity index (χ3v) is 4.28. The van der Waals surface area contributed by atoms with E-state index in [2.05, 4.69) is 20.3 Å². The zero-order valence-electron chi connectivity index (χ0n) is 14.5. The lowest BCUT2D eigenvalue weighted by Gasteiger charge is -2.11.